The molecule has 1 saturated heterocycles. The van der Waals surface area contributed by atoms with E-state index in [9.17, 15) is 9.59 Å². The molecule has 0 aliphatic carbocycles. The number of benzene rings is 3. The monoisotopic (exact) mass is 506 g/mol. The third kappa shape index (κ3) is 5.89. The lowest BCUT2D eigenvalue weighted by Gasteiger charge is -2.22. The fourth-order valence-electron chi connectivity index (χ4n) is 3.86. The summed E-state index contributed by atoms with van der Waals surface area (Å²) in [6.45, 7) is 6.49. The highest BCUT2D eigenvalue weighted by Crippen LogP contribution is 2.36. The molecule has 1 aliphatic heterocycles. The van der Waals surface area contributed by atoms with E-state index in [1.165, 1.54) is 4.90 Å². The smallest absolute Gasteiger partial charge is 0.293 e. The lowest BCUT2D eigenvalue weighted by atomic mass is 10.1. The van der Waals surface area contributed by atoms with Gasteiger partial charge in [-0.1, -0.05) is 60.1 Å². The number of carbonyl (C=O) groups is 2. The Morgan fingerprint density at radius 3 is 2.40 bits per heavy atom. The molecule has 0 atom stereocenters. The third-order valence-corrected chi connectivity index (χ3v) is 7.09. The van der Waals surface area contributed by atoms with Crippen molar-refractivity contribution < 1.29 is 14.3 Å². The lowest BCUT2D eigenvalue weighted by Crippen LogP contribution is -2.27. The molecule has 5 nitrogen and oxygen atoms in total. The van der Waals surface area contributed by atoms with Crippen LogP contribution in [0.2, 0.25) is 5.02 Å². The third-order valence-electron chi connectivity index (χ3n) is 5.81. The molecule has 0 unspecified atom stereocenters. The summed E-state index contributed by atoms with van der Waals surface area (Å²) in [7, 11) is 0. The number of carbonyl (C=O) groups excluding carboxylic acids is 2. The molecule has 35 heavy (non-hydrogen) atoms. The van der Waals surface area contributed by atoms with Gasteiger partial charge in [0.05, 0.1) is 11.4 Å². The number of halogens is 1. The molecule has 1 aliphatic rings. The molecular weight excluding hydrogens is 480 g/mol. The second kappa shape index (κ2) is 11.5. The second-order valence-electron chi connectivity index (χ2n) is 8.03. The number of nitrogens with zero attached hydrogens (tertiary/aromatic N) is 2. The summed E-state index contributed by atoms with van der Waals surface area (Å²) in [5, 5.41) is 0.215. The van der Waals surface area contributed by atoms with Crippen LogP contribution >= 0.6 is 23.4 Å². The van der Waals surface area contributed by atoms with E-state index < -0.39 is 0 Å². The van der Waals surface area contributed by atoms with Crippen LogP contribution in [0.25, 0.3) is 6.08 Å². The van der Waals surface area contributed by atoms with Gasteiger partial charge in [0, 0.05) is 35.4 Å². The number of hydrogen-bond donors (Lipinski definition) is 0. The van der Waals surface area contributed by atoms with Gasteiger partial charge < -0.3 is 9.64 Å². The molecule has 1 fully saturated rings. The average molecular weight is 507 g/mol. The summed E-state index contributed by atoms with van der Waals surface area (Å²) in [5.74, 6) is 0.331. The van der Waals surface area contributed by atoms with Crippen LogP contribution in [-0.2, 0) is 17.9 Å². The van der Waals surface area contributed by atoms with Crippen molar-refractivity contribution >= 4 is 46.3 Å². The van der Waals surface area contributed by atoms with Crippen molar-refractivity contribution in [1.29, 1.82) is 0 Å². The minimum absolute atomic E-state index is 0.139. The maximum atomic E-state index is 13.1. The lowest BCUT2D eigenvalue weighted by molar-refractivity contribution is -0.123. The van der Waals surface area contributed by atoms with Crippen LogP contribution in [0.15, 0.2) is 77.7 Å². The van der Waals surface area contributed by atoms with Gasteiger partial charge in [-0.25, -0.2) is 0 Å². The molecule has 3 aromatic carbocycles. The second-order valence-corrected chi connectivity index (χ2v) is 9.43. The highest BCUT2D eigenvalue weighted by Gasteiger charge is 2.35. The minimum atomic E-state index is -0.332. The highest BCUT2D eigenvalue weighted by atomic mass is 35.5. The van der Waals surface area contributed by atoms with Crippen molar-refractivity contribution in [1.82, 2.24) is 4.90 Å². The van der Waals surface area contributed by atoms with Crippen LogP contribution in [-0.4, -0.2) is 29.1 Å². The zero-order chi connectivity index (χ0) is 24.8. The fraction of sp³-hybridized carbons (Fsp3) is 0.214. The van der Waals surface area contributed by atoms with Gasteiger partial charge in [-0.05, 0) is 61.0 Å². The molecule has 2 amide bonds. The van der Waals surface area contributed by atoms with Gasteiger partial charge in [-0.3, -0.25) is 14.5 Å². The number of amides is 2. The molecule has 0 spiro atoms. The van der Waals surface area contributed by atoms with Crippen LogP contribution < -0.4 is 9.64 Å². The van der Waals surface area contributed by atoms with E-state index in [2.05, 4.69) is 18.7 Å². The van der Waals surface area contributed by atoms with Crippen LogP contribution in [0, 0.1) is 0 Å². The van der Waals surface area contributed by atoms with Gasteiger partial charge in [-0.2, -0.15) is 0 Å². The van der Waals surface area contributed by atoms with Crippen molar-refractivity contribution in [2.75, 3.05) is 18.0 Å². The van der Waals surface area contributed by atoms with Gasteiger partial charge in [-0.15, -0.1) is 0 Å². The maximum absolute atomic E-state index is 13.1. The van der Waals surface area contributed by atoms with E-state index in [0.717, 1.165) is 47.2 Å². The van der Waals surface area contributed by atoms with E-state index in [1.54, 1.807) is 12.1 Å². The summed E-state index contributed by atoms with van der Waals surface area (Å²) >= 11 is 7.18. The van der Waals surface area contributed by atoms with E-state index in [0.29, 0.717) is 22.3 Å². The molecule has 7 heteroatoms. The Kier molecular flexibility index (Phi) is 8.16. The van der Waals surface area contributed by atoms with E-state index in [-0.39, 0.29) is 17.7 Å². The van der Waals surface area contributed by atoms with Crippen molar-refractivity contribution in [3.8, 4) is 5.75 Å². The first-order valence-electron chi connectivity index (χ1n) is 11.5. The summed E-state index contributed by atoms with van der Waals surface area (Å²) < 4.78 is 6.21. The minimum Gasteiger partial charge on any atom is -0.488 e. The number of rotatable bonds is 9. The molecular formula is C28H27ClN2O3S. The Labute approximate surface area is 215 Å². The fourth-order valence-corrected chi connectivity index (χ4v) is 4.89. The van der Waals surface area contributed by atoms with Crippen LogP contribution in [0.1, 0.15) is 30.5 Å². The number of anilines is 1. The first kappa shape index (κ1) is 24.9. The molecule has 4 rings (SSSR count). The zero-order valence-electron chi connectivity index (χ0n) is 19.7. The van der Waals surface area contributed by atoms with Gasteiger partial charge in [0.2, 0.25) is 0 Å². The van der Waals surface area contributed by atoms with Crippen molar-refractivity contribution in [2.24, 2.45) is 0 Å². The topological polar surface area (TPSA) is 49.9 Å². The molecule has 3 aromatic rings. The molecule has 0 aromatic heterocycles. The SMILES string of the molecule is CCN(CC)c1ccc(/C=C2/SC(=O)N(Cc3ccccc3Cl)C2=O)c(OCc2ccccc2)c1. The summed E-state index contributed by atoms with van der Waals surface area (Å²) in [6.07, 6.45) is 1.74. The Morgan fingerprint density at radius 1 is 0.971 bits per heavy atom. The molecule has 0 N–H and O–H groups in total. The number of ether oxygens (including phenoxy) is 1. The quantitative estimate of drug-likeness (QED) is 0.292. The van der Waals surface area contributed by atoms with Crippen molar-refractivity contribution in [3.63, 3.8) is 0 Å². The van der Waals surface area contributed by atoms with Gasteiger partial charge in [0.1, 0.15) is 12.4 Å². The maximum Gasteiger partial charge on any atom is 0.293 e. The summed E-state index contributed by atoms with van der Waals surface area (Å²) in [6, 6.07) is 23.1. The van der Waals surface area contributed by atoms with Crippen LogP contribution in [0.4, 0.5) is 10.5 Å². The molecule has 180 valence electrons. The Bertz CT molecular complexity index is 1240. The van der Waals surface area contributed by atoms with E-state index in [1.807, 2.05) is 66.7 Å². The number of imide groups is 1. The van der Waals surface area contributed by atoms with Crippen LogP contribution in [0.3, 0.4) is 0 Å². The zero-order valence-corrected chi connectivity index (χ0v) is 21.3. The number of thioether (sulfide) groups is 1. The Hall–Kier alpha value is -3.22. The van der Waals surface area contributed by atoms with E-state index >= 15 is 0 Å². The predicted molar refractivity (Wildman–Crippen MR) is 144 cm³/mol. The van der Waals surface area contributed by atoms with Gasteiger partial charge in [0.25, 0.3) is 11.1 Å². The van der Waals surface area contributed by atoms with Gasteiger partial charge in [0.15, 0.2) is 0 Å². The van der Waals surface area contributed by atoms with Crippen molar-refractivity contribution in [2.45, 2.75) is 27.0 Å². The molecule has 0 bridgehead atoms. The first-order valence-corrected chi connectivity index (χ1v) is 12.7. The molecule has 0 radical (unpaired) electrons. The van der Waals surface area contributed by atoms with E-state index in [4.69, 9.17) is 16.3 Å². The molecule has 0 saturated carbocycles. The normalized spacial score (nSPS) is 14.6. The van der Waals surface area contributed by atoms with Crippen molar-refractivity contribution in [3.05, 3.63) is 99.4 Å². The highest BCUT2D eigenvalue weighted by molar-refractivity contribution is 8.18. The Balaban J connectivity index is 1.62. The van der Waals surface area contributed by atoms with Gasteiger partial charge >= 0.3 is 0 Å². The largest absolute Gasteiger partial charge is 0.488 e. The average Bonchev–Trinajstić information content (AvgIpc) is 3.13. The number of hydrogen-bond acceptors (Lipinski definition) is 5. The van der Waals surface area contributed by atoms with Crippen LogP contribution in [0.5, 0.6) is 5.75 Å². The standard InChI is InChI=1S/C28H27ClN2O3S/c1-3-30(4-2)23-15-14-21(25(17-23)34-19-20-10-6-5-7-11-20)16-26-27(32)31(28(33)35-26)18-22-12-8-9-13-24(22)29/h5-17H,3-4,18-19H2,1-2H3/b26-16+. The first-order chi connectivity index (χ1) is 17.0. The summed E-state index contributed by atoms with van der Waals surface area (Å²) in [4.78, 5) is 29.6. The summed E-state index contributed by atoms with van der Waals surface area (Å²) in [5.41, 5.74) is 3.57. The molecule has 1 heterocycles. The predicted octanol–water partition coefficient (Wildman–Crippen LogP) is 7.00. The Morgan fingerprint density at radius 2 is 1.69 bits per heavy atom.